The van der Waals surface area contributed by atoms with Gasteiger partial charge >= 0.3 is 0 Å². The molecule has 0 saturated carbocycles. The van der Waals surface area contributed by atoms with Crippen LogP contribution in [-0.4, -0.2) is 12.5 Å². The minimum Gasteiger partial charge on any atom is -0.352 e. The molecule has 1 amide bonds. The van der Waals surface area contributed by atoms with Crippen LogP contribution in [0.25, 0.3) is 0 Å². The van der Waals surface area contributed by atoms with Gasteiger partial charge in [-0.3, -0.25) is 4.79 Å². The summed E-state index contributed by atoms with van der Waals surface area (Å²) < 4.78 is 1.08. The third kappa shape index (κ3) is 3.27. The molecule has 1 aliphatic heterocycles. The highest BCUT2D eigenvalue weighted by Crippen LogP contribution is 2.26. The zero-order valence-corrected chi connectivity index (χ0v) is 13.3. The van der Waals surface area contributed by atoms with E-state index in [1.165, 1.54) is 16.7 Å². The first kappa shape index (κ1) is 14.3. The maximum absolute atomic E-state index is 12.1. The van der Waals surface area contributed by atoms with Crippen LogP contribution in [0.1, 0.15) is 31.4 Å². The average molecular weight is 322 g/mol. The summed E-state index contributed by atoms with van der Waals surface area (Å²) in [6.07, 6.45) is 1.72. The molecule has 1 N–H and O–H groups in total. The second kappa shape index (κ2) is 5.91. The van der Waals surface area contributed by atoms with Crippen LogP contribution in [0.15, 0.2) is 33.8 Å². The smallest absolute Gasteiger partial charge is 0.247 e. The van der Waals surface area contributed by atoms with Crippen LogP contribution in [-0.2, 0) is 11.2 Å². The van der Waals surface area contributed by atoms with E-state index in [1.807, 2.05) is 6.07 Å². The van der Waals surface area contributed by atoms with Crippen molar-refractivity contribution in [3.05, 3.63) is 44.9 Å². The summed E-state index contributed by atoms with van der Waals surface area (Å²) in [5, 5.41) is 2.96. The van der Waals surface area contributed by atoms with E-state index in [9.17, 15) is 4.79 Å². The SMILES string of the molecule is Cc1cc(Br)ccc1CC1=C(C(C)C)CCNC1=O. The fourth-order valence-electron chi connectivity index (χ4n) is 2.59. The van der Waals surface area contributed by atoms with Gasteiger partial charge in [0, 0.05) is 23.0 Å². The fourth-order valence-corrected chi connectivity index (χ4v) is 3.07. The number of aryl methyl sites for hydroxylation is 1. The van der Waals surface area contributed by atoms with E-state index >= 15 is 0 Å². The number of nitrogens with one attached hydrogen (secondary N) is 1. The van der Waals surface area contributed by atoms with Gasteiger partial charge in [-0.2, -0.15) is 0 Å². The zero-order chi connectivity index (χ0) is 14.0. The summed E-state index contributed by atoms with van der Waals surface area (Å²) in [7, 11) is 0. The molecule has 3 heteroatoms. The molecule has 0 spiro atoms. The van der Waals surface area contributed by atoms with Gasteiger partial charge in [-0.25, -0.2) is 0 Å². The van der Waals surface area contributed by atoms with Gasteiger partial charge in [0.1, 0.15) is 0 Å². The third-order valence-corrected chi connectivity index (χ3v) is 4.20. The van der Waals surface area contributed by atoms with Crippen molar-refractivity contribution < 1.29 is 4.79 Å². The van der Waals surface area contributed by atoms with Crippen LogP contribution < -0.4 is 5.32 Å². The van der Waals surface area contributed by atoms with E-state index in [2.05, 4.69) is 54.2 Å². The molecule has 1 aromatic rings. The standard InChI is InChI=1S/C16H20BrNO/c1-10(2)14-6-7-18-16(19)15(14)9-12-4-5-13(17)8-11(12)3/h4-5,8,10H,6-7,9H2,1-3H3,(H,18,19). The number of rotatable bonds is 3. The van der Waals surface area contributed by atoms with E-state index in [0.29, 0.717) is 5.92 Å². The summed E-state index contributed by atoms with van der Waals surface area (Å²) in [4.78, 5) is 12.1. The van der Waals surface area contributed by atoms with Crippen LogP contribution in [0.5, 0.6) is 0 Å². The Labute approximate surface area is 123 Å². The number of hydrogen-bond acceptors (Lipinski definition) is 1. The molecule has 0 fully saturated rings. The van der Waals surface area contributed by atoms with Gasteiger partial charge in [0.15, 0.2) is 0 Å². The molecule has 19 heavy (non-hydrogen) atoms. The Morgan fingerprint density at radius 2 is 2.11 bits per heavy atom. The summed E-state index contributed by atoms with van der Waals surface area (Å²) >= 11 is 3.48. The van der Waals surface area contributed by atoms with Gasteiger partial charge in [0.2, 0.25) is 5.91 Å². The summed E-state index contributed by atoms with van der Waals surface area (Å²) in [5.74, 6) is 0.550. The van der Waals surface area contributed by atoms with Crippen molar-refractivity contribution in [1.82, 2.24) is 5.32 Å². The van der Waals surface area contributed by atoms with Crippen molar-refractivity contribution in [3.63, 3.8) is 0 Å². The monoisotopic (exact) mass is 321 g/mol. The van der Waals surface area contributed by atoms with Gasteiger partial charge in [0.25, 0.3) is 0 Å². The maximum Gasteiger partial charge on any atom is 0.247 e. The van der Waals surface area contributed by atoms with Gasteiger partial charge in [-0.15, -0.1) is 0 Å². The normalized spacial score (nSPS) is 15.9. The summed E-state index contributed by atoms with van der Waals surface area (Å²) in [6, 6.07) is 6.25. The molecule has 1 heterocycles. The minimum atomic E-state index is 0.109. The Kier molecular flexibility index (Phi) is 4.46. The number of amides is 1. The van der Waals surface area contributed by atoms with Crippen LogP contribution in [0.3, 0.4) is 0 Å². The predicted octanol–water partition coefficient (Wildman–Crippen LogP) is 3.77. The minimum absolute atomic E-state index is 0.109. The molecule has 0 bridgehead atoms. The molecular formula is C16H20BrNO. The van der Waals surface area contributed by atoms with E-state index in [4.69, 9.17) is 0 Å². The lowest BCUT2D eigenvalue weighted by atomic mass is 9.87. The highest BCUT2D eigenvalue weighted by atomic mass is 79.9. The van der Waals surface area contributed by atoms with E-state index < -0.39 is 0 Å². The fraction of sp³-hybridized carbons (Fsp3) is 0.438. The largest absolute Gasteiger partial charge is 0.352 e. The number of benzene rings is 1. The topological polar surface area (TPSA) is 29.1 Å². The van der Waals surface area contributed by atoms with Crippen molar-refractivity contribution in [2.75, 3.05) is 6.54 Å². The van der Waals surface area contributed by atoms with Gasteiger partial charge in [0.05, 0.1) is 0 Å². The lowest BCUT2D eigenvalue weighted by Crippen LogP contribution is -2.33. The first-order chi connectivity index (χ1) is 8.99. The number of hydrogen-bond donors (Lipinski definition) is 1. The molecule has 0 radical (unpaired) electrons. The Hall–Kier alpha value is -1.09. The summed E-state index contributed by atoms with van der Waals surface area (Å²) in [6.45, 7) is 7.20. The van der Waals surface area contributed by atoms with Crippen LogP contribution in [0.4, 0.5) is 0 Å². The number of carbonyl (C=O) groups is 1. The summed E-state index contributed by atoms with van der Waals surface area (Å²) in [5.41, 5.74) is 4.73. The van der Waals surface area contributed by atoms with Crippen LogP contribution in [0, 0.1) is 12.8 Å². The van der Waals surface area contributed by atoms with Crippen molar-refractivity contribution in [2.45, 2.75) is 33.6 Å². The Morgan fingerprint density at radius 1 is 1.37 bits per heavy atom. The molecule has 0 aromatic heterocycles. The second-order valence-electron chi connectivity index (χ2n) is 5.41. The lowest BCUT2D eigenvalue weighted by molar-refractivity contribution is -0.118. The first-order valence-corrected chi connectivity index (χ1v) is 7.53. The molecule has 0 atom stereocenters. The Bertz CT molecular complexity index is 532. The lowest BCUT2D eigenvalue weighted by Gasteiger charge is -2.24. The first-order valence-electron chi connectivity index (χ1n) is 6.74. The Morgan fingerprint density at radius 3 is 2.74 bits per heavy atom. The maximum atomic E-state index is 12.1. The van der Waals surface area contributed by atoms with Gasteiger partial charge < -0.3 is 5.32 Å². The molecule has 0 aliphatic carbocycles. The highest BCUT2D eigenvalue weighted by Gasteiger charge is 2.22. The zero-order valence-electron chi connectivity index (χ0n) is 11.7. The van der Waals surface area contributed by atoms with Crippen molar-refractivity contribution >= 4 is 21.8 Å². The molecule has 1 aliphatic rings. The molecule has 1 aromatic carbocycles. The average Bonchev–Trinajstić information content (AvgIpc) is 2.34. The van der Waals surface area contributed by atoms with Crippen molar-refractivity contribution in [2.24, 2.45) is 5.92 Å². The Balaban J connectivity index is 2.35. The van der Waals surface area contributed by atoms with Crippen LogP contribution in [0.2, 0.25) is 0 Å². The van der Waals surface area contributed by atoms with Crippen LogP contribution >= 0.6 is 15.9 Å². The van der Waals surface area contributed by atoms with Crippen molar-refractivity contribution in [3.8, 4) is 0 Å². The third-order valence-electron chi connectivity index (χ3n) is 3.71. The number of carbonyl (C=O) groups excluding carboxylic acids is 1. The number of halogens is 1. The molecule has 2 nitrogen and oxygen atoms in total. The molecule has 2 rings (SSSR count). The highest BCUT2D eigenvalue weighted by molar-refractivity contribution is 9.10. The van der Waals surface area contributed by atoms with Crippen molar-refractivity contribution in [1.29, 1.82) is 0 Å². The molecule has 102 valence electrons. The molecule has 0 unspecified atom stereocenters. The van der Waals surface area contributed by atoms with E-state index in [1.54, 1.807) is 0 Å². The van der Waals surface area contributed by atoms with E-state index in [0.717, 1.165) is 29.4 Å². The quantitative estimate of drug-likeness (QED) is 0.902. The molecule has 0 saturated heterocycles. The predicted molar refractivity (Wildman–Crippen MR) is 82.1 cm³/mol. The van der Waals surface area contributed by atoms with E-state index in [-0.39, 0.29) is 5.91 Å². The second-order valence-corrected chi connectivity index (χ2v) is 6.33. The van der Waals surface area contributed by atoms with Gasteiger partial charge in [-0.05, 0) is 42.5 Å². The molecular weight excluding hydrogens is 302 g/mol. The van der Waals surface area contributed by atoms with Gasteiger partial charge in [-0.1, -0.05) is 41.4 Å².